The van der Waals surface area contributed by atoms with Crippen molar-refractivity contribution < 1.29 is 22.9 Å². The Morgan fingerprint density at radius 2 is 2.06 bits per heavy atom. The van der Waals surface area contributed by atoms with E-state index >= 15 is 0 Å². The van der Waals surface area contributed by atoms with Gasteiger partial charge < -0.3 is 5.32 Å². The molecular weight excluding hydrogens is 277 g/mol. The maximum atomic E-state index is 11.9. The average molecular weight is 283 g/mol. The molecule has 0 unspecified atom stereocenters. The van der Waals surface area contributed by atoms with Crippen LogP contribution in [0.1, 0.15) is 10.4 Å². The first kappa shape index (κ1) is 14.2. The van der Waals surface area contributed by atoms with Crippen LogP contribution in [0.25, 0.3) is 0 Å². The zero-order valence-electron chi connectivity index (χ0n) is 8.62. The Hall–Kier alpha value is -1.83. The molecule has 0 saturated carbocycles. The minimum absolute atomic E-state index is 0.202. The molecule has 0 saturated heterocycles. The summed E-state index contributed by atoms with van der Waals surface area (Å²) in [6, 6.07) is 2.98. The van der Waals surface area contributed by atoms with Gasteiger partial charge in [0.1, 0.15) is 11.6 Å². The van der Waals surface area contributed by atoms with Gasteiger partial charge in [0.05, 0.1) is 4.92 Å². The third-order valence-electron chi connectivity index (χ3n) is 1.85. The van der Waals surface area contributed by atoms with Gasteiger partial charge in [-0.15, -0.1) is 0 Å². The van der Waals surface area contributed by atoms with Gasteiger partial charge in [0.15, 0.2) is 0 Å². The number of nitrogens with zero attached hydrogens (tertiary/aromatic N) is 1. The van der Waals surface area contributed by atoms with Crippen LogP contribution in [-0.4, -0.2) is 23.6 Å². The first-order valence-electron chi connectivity index (χ1n) is 4.49. The molecule has 0 atom stereocenters. The summed E-state index contributed by atoms with van der Waals surface area (Å²) in [5.74, 6) is -1.06. The van der Waals surface area contributed by atoms with Crippen LogP contribution >= 0.6 is 11.6 Å². The molecule has 0 aromatic heterocycles. The van der Waals surface area contributed by atoms with Crippen molar-refractivity contribution in [2.24, 2.45) is 0 Å². The minimum Gasteiger partial charge on any atom is -0.343 e. The Bertz CT molecular complexity index is 490. The Balaban J connectivity index is 2.87. The third-order valence-corrected chi connectivity index (χ3v) is 2.17. The highest BCUT2D eigenvalue weighted by Crippen LogP contribution is 2.25. The first-order chi connectivity index (χ1) is 8.20. The SMILES string of the molecule is O=C(NCC(F)(F)F)c1ccc(Cl)c([N+](=O)[O-])c1. The van der Waals surface area contributed by atoms with Gasteiger partial charge in [-0.25, -0.2) is 0 Å². The number of carbonyl (C=O) groups is 1. The summed E-state index contributed by atoms with van der Waals surface area (Å²) in [5.41, 5.74) is -0.813. The average Bonchev–Trinajstić information content (AvgIpc) is 2.25. The van der Waals surface area contributed by atoms with Gasteiger partial charge in [-0.05, 0) is 12.1 Å². The largest absolute Gasteiger partial charge is 0.405 e. The fourth-order valence-corrected chi connectivity index (χ4v) is 1.26. The number of hydrogen-bond acceptors (Lipinski definition) is 3. The molecule has 18 heavy (non-hydrogen) atoms. The van der Waals surface area contributed by atoms with E-state index < -0.39 is 29.2 Å². The number of amides is 1. The van der Waals surface area contributed by atoms with Crippen molar-refractivity contribution in [3.8, 4) is 0 Å². The first-order valence-corrected chi connectivity index (χ1v) is 4.87. The number of halogens is 4. The number of nitro groups is 1. The lowest BCUT2D eigenvalue weighted by Crippen LogP contribution is -2.33. The van der Waals surface area contributed by atoms with Crippen LogP contribution in [-0.2, 0) is 0 Å². The van der Waals surface area contributed by atoms with Crippen LogP contribution in [0.15, 0.2) is 18.2 Å². The summed E-state index contributed by atoms with van der Waals surface area (Å²) in [6.07, 6.45) is -4.55. The Labute approximate surface area is 104 Å². The molecule has 1 aromatic carbocycles. The van der Waals surface area contributed by atoms with Crippen molar-refractivity contribution in [3.63, 3.8) is 0 Å². The summed E-state index contributed by atoms with van der Waals surface area (Å²) < 4.78 is 35.6. The van der Waals surface area contributed by atoms with E-state index in [4.69, 9.17) is 11.6 Å². The molecule has 98 valence electrons. The summed E-state index contributed by atoms with van der Waals surface area (Å²) in [7, 11) is 0. The highest BCUT2D eigenvalue weighted by Gasteiger charge is 2.28. The van der Waals surface area contributed by atoms with Crippen LogP contribution < -0.4 is 5.32 Å². The minimum atomic E-state index is -4.55. The number of hydrogen-bond donors (Lipinski definition) is 1. The van der Waals surface area contributed by atoms with E-state index in [9.17, 15) is 28.1 Å². The lowest BCUT2D eigenvalue weighted by atomic mass is 10.2. The van der Waals surface area contributed by atoms with Gasteiger partial charge in [0, 0.05) is 11.6 Å². The van der Waals surface area contributed by atoms with E-state index in [1.54, 1.807) is 5.32 Å². The zero-order chi connectivity index (χ0) is 13.9. The topological polar surface area (TPSA) is 72.2 Å². The molecule has 0 aliphatic rings. The quantitative estimate of drug-likeness (QED) is 0.684. The normalized spacial score (nSPS) is 11.1. The van der Waals surface area contributed by atoms with Crippen LogP contribution in [0.5, 0.6) is 0 Å². The molecule has 1 amide bonds. The van der Waals surface area contributed by atoms with E-state index in [0.29, 0.717) is 0 Å². The van der Waals surface area contributed by atoms with Crippen molar-refractivity contribution in [2.75, 3.05) is 6.54 Å². The number of alkyl halides is 3. The van der Waals surface area contributed by atoms with Crippen LogP contribution in [0.2, 0.25) is 5.02 Å². The molecule has 1 N–H and O–H groups in total. The van der Waals surface area contributed by atoms with Gasteiger partial charge in [-0.3, -0.25) is 14.9 Å². The van der Waals surface area contributed by atoms with E-state index in [-0.39, 0.29) is 10.6 Å². The molecule has 0 bridgehead atoms. The second-order valence-corrected chi connectivity index (χ2v) is 3.63. The number of carbonyl (C=O) groups excluding carboxylic acids is 1. The smallest absolute Gasteiger partial charge is 0.343 e. The molecular formula is C9H6ClF3N2O3. The lowest BCUT2D eigenvalue weighted by Gasteiger charge is -2.08. The van der Waals surface area contributed by atoms with Crippen LogP contribution in [0, 0.1) is 10.1 Å². The Morgan fingerprint density at radius 3 is 2.56 bits per heavy atom. The molecule has 0 fully saturated rings. The highest BCUT2D eigenvalue weighted by atomic mass is 35.5. The summed E-state index contributed by atoms with van der Waals surface area (Å²) in [4.78, 5) is 21.0. The predicted molar refractivity (Wildman–Crippen MR) is 56.5 cm³/mol. The third kappa shape index (κ3) is 3.88. The highest BCUT2D eigenvalue weighted by molar-refractivity contribution is 6.32. The fraction of sp³-hybridized carbons (Fsp3) is 0.222. The number of rotatable bonds is 3. The van der Waals surface area contributed by atoms with Gasteiger partial charge in [0.25, 0.3) is 11.6 Å². The summed E-state index contributed by atoms with van der Waals surface area (Å²) in [6.45, 7) is -1.51. The van der Waals surface area contributed by atoms with E-state index in [0.717, 1.165) is 18.2 Å². The number of benzene rings is 1. The standard InChI is InChI=1S/C9H6ClF3N2O3/c10-6-2-1-5(3-7(6)15(17)18)8(16)14-4-9(11,12)13/h1-3H,4H2,(H,14,16). The van der Waals surface area contributed by atoms with E-state index in [1.807, 2.05) is 0 Å². The van der Waals surface area contributed by atoms with Crippen molar-refractivity contribution in [1.82, 2.24) is 5.32 Å². The van der Waals surface area contributed by atoms with Crippen molar-refractivity contribution in [1.29, 1.82) is 0 Å². The fourth-order valence-electron chi connectivity index (χ4n) is 1.08. The van der Waals surface area contributed by atoms with Crippen molar-refractivity contribution in [3.05, 3.63) is 38.9 Å². The van der Waals surface area contributed by atoms with E-state index in [2.05, 4.69) is 0 Å². The van der Waals surface area contributed by atoms with Gasteiger partial charge in [0.2, 0.25) is 0 Å². The van der Waals surface area contributed by atoms with Crippen molar-refractivity contribution in [2.45, 2.75) is 6.18 Å². The molecule has 0 aliphatic heterocycles. The molecule has 0 heterocycles. The molecule has 0 radical (unpaired) electrons. The van der Waals surface area contributed by atoms with E-state index in [1.165, 1.54) is 0 Å². The van der Waals surface area contributed by atoms with Crippen LogP contribution in [0.3, 0.4) is 0 Å². The maximum absolute atomic E-state index is 11.9. The second-order valence-electron chi connectivity index (χ2n) is 3.22. The molecule has 0 spiro atoms. The Morgan fingerprint density at radius 1 is 1.44 bits per heavy atom. The summed E-state index contributed by atoms with van der Waals surface area (Å²) in [5, 5.41) is 11.9. The van der Waals surface area contributed by atoms with Gasteiger partial charge >= 0.3 is 6.18 Å². The van der Waals surface area contributed by atoms with Gasteiger partial charge in [-0.1, -0.05) is 11.6 Å². The predicted octanol–water partition coefficient (Wildman–Crippen LogP) is 2.54. The zero-order valence-corrected chi connectivity index (χ0v) is 9.38. The molecule has 9 heteroatoms. The monoisotopic (exact) mass is 282 g/mol. The van der Waals surface area contributed by atoms with Crippen molar-refractivity contribution >= 4 is 23.2 Å². The molecule has 0 aliphatic carbocycles. The maximum Gasteiger partial charge on any atom is 0.405 e. The number of nitro benzene ring substituents is 1. The van der Waals surface area contributed by atoms with Crippen LogP contribution in [0.4, 0.5) is 18.9 Å². The second kappa shape index (κ2) is 5.21. The number of nitrogens with one attached hydrogen (secondary N) is 1. The molecule has 5 nitrogen and oxygen atoms in total. The molecule has 1 aromatic rings. The summed E-state index contributed by atoms with van der Waals surface area (Å²) >= 11 is 5.49. The van der Waals surface area contributed by atoms with Gasteiger partial charge in [-0.2, -0.15) is 13.2 Å². The lowest BCUT2D eigenvalue weighted by molar-refractivity contribution is -0.384. The molecule has 1 rings (SSSR count). The Kier molecular flexibility index (Phi) is 4.12.